The quantitative estimate of drug-likeness (QED) is 0.597. The Morgan fingerprint density at radius 1 is 1.26 bits per heavy atom. The number of aryl methyl sites for hydroxylation is 1. The average Bonchev–Trinajstić information content (AvgIpc) is 2.80. The van der Waals surface area contributed by atoms with Crippen LogP contribution in [0.25, 0.3) is 0 Å². The largest absolute Gasteiger partial charge is 0.376 e. The molecule has 1 rings (SSSR count). The lowest BCUT2D eigenvalue weighted by molar-refractivity contribution is -0.0354. The van der Waals surface area contributed by atoms with Gasteiger partial charge >= 0.3 is 0 Å². The van der Waals surface area contributed by atoms with Crippen molar-refractivity contribution >= 4 is 11.3 Å². The van der Waals surface area contributed by atoms with Crippen LogP contribution in [-0.4, -0.2) is 18.8 Å². The molecule has 0 bridgehead atoms. The molecule has 1 heterocycles. The van der Waals surface area contributed by atoms with Crippen molar-refractivity contribution in [1.29, 1.82) is 0 Å². The maximum absolute atomic E-state index is 5.93. The number of hydrazine groups is 1. The van der Waals surface area contributed by atoms with Gasteiger partial charge in [0.1, 0.15) is 0 Å². The smallest absolute Gasteiger partial charge is 0.0792 e. The monoisotopic (exact) mass is 284 g/mol. The maximum atomic E-state index is 5.93. The lowest BCUT2D eigenvalue weighted by Gasteiger charge is -2.36. The highest BCUT2D eigenvalue weighted by Crippen LogP contribution is 2.28. The number of nitrogens with one attached hydrogen (secondary N) is 1. The van der Waals surface area contributed by atoms with Crippen molar-refractivity contribution in [2.75, 3.05) is 6.61 Å². The molecule has 0 aliphatic heterocycles. The number of thiophene rings is 1. The summed E-state index contributed by atoms with van der Waals surface area (Å²) in [5.74, 6) is 5.76. The Morgan fingerprint density at radius 3 is 2.32 bits per heavy atom. The highest BCUT2D eigenvalue weighted by atomic mass is 32.1. The fraction of sp³-hybridized carbons (Fsp3) is 0.733. The minimum absolute atomic E-state index is 0.0674. The van der Waals surface area contributed by atoms with Crippen molar-refractivity contribution < 1.29 is 4.74 Å². The molecular formula is C15H28N2OS. The van der Waals surface area contributed by atoms with Gasteiger partial charge in [-0.1, -0.05) is 27.7 Å². The summed E-state index contributed by atoms with van der Waals surface area (Å²) in [4.78, 5) is 2.79. The molecule has 0 amide bonds. The van der Waals surface area contributed by atoms with Crippen molar-refractivity contribution in [3.05, 3.63) is 21.9 Å². The van der Waals surface area contributed by atoms with Gasteiger partial charge in [-0.3, -0.25) is 11.3 Å². The van der Waals surface area contributed by atoms with E-state index in [1.54, 1.807) is 0 Å². The number of nitrogens with two attached hydrogens (primary N) is 1. The van der Waals surface area contributed by atoms with Crippen LogP contribution in [0.15, 0.2) is 12.1 Å². The second-order valence-corrected chi connectivity index (χ2v) is 7.19. The topological polar surface area (TPSA) is 47.3 Å². The van der Waals surface area contributed by atoms with Crippen molar-refractivity contribution in [3.8, 4) is 0 Å². The number of rotatable bonds is 7. The van der Waals surface area contributed by atoms with Gasteiger partial charge in [0.15, 0.2) is 0 Å². The van der Waals surface area contributed by atoms with E-state index < -0.39 is 0 Å². The maximum Gasteiger partial charge on any atom is 0.0792 e. The molecule has 0 radical (unpaired) electrons. The Morgan fingerprint density at radius 2 is 1.89 bits per heavy atom. The summed E-state index contributed by atoms with van der Waals surface area (Å²) >= 11 is 1.87. The van der Waals surface area contributed by atoms with Crippen LogP contribution in [0, 0.1) is 5.41 Å². The van der Waals surface area contributed by atoms with E-state index in [4.69, 9.17) is 10.6 Å². The molecule has 0 fully saturated rings. The van der Waals surface area contributed by atoms with Gasteiger partial charge in [0.2, 0.25) is 0 Å². The molecule has 0 aliphatic carbocycles. The lowest BCUT2D eigenvalue weighted by Crippen LogP contribution is -2.51. The van der Waals surface area contributed by atoms with Crippen LogP contribution in [0.5, 0.6) is 0 Å². The van der Waals surface area contributed by atoms with Crippen LogP contribution in [-0.2, 0) is 17.6 Å². The van der Waals surface area contributed by atoms with Gasteiger partial charge in [-0.25, -0.2) is 0 Å². The molecule has 0 aromatic carbocycles. The molecule has 110 valence electrons. The van der Waals surface area contributed by atoms with Crippen LogP contribution >= 0.6 is 11.3 Å². The number of hydrogen-bond donors (Lipinski definition) is 2. The van der Waals surface area contributed by atoms with E-state index >= 15 is 0 Å². The molecule has 2 atom stereocenters. The molecule has 3 nitrogen and oxygen atoms in total. The third-order valence-corrected chi connectivity index (χ3v) is 4.52. The second kappa shape index (κ2) is 7.39. The highest BCUT2D eigenvalue weighted by Gasteiger charge is 2.32. The van der Waals surface area contributed by atoms with Gasteiger partial charge < -0.3 is 4.74 Å². The average molecular weight is 284 g/mol. The van der Waals surface area contributed by atoms with Gasteiger partial charge in [0.05, 0.1) is 12.1 Å². The first-order valence-corrected chi connectivity index (χ1v) is 7.89. The molecule has 19 heavy (non-hydrogen) atoms. The summed E-state index contributed by atoms with van der Waals surface area (Å²) in [6, 6.07) is 4.56. The Balaban J connectivity index is 2.79. The first-order chi connectivity index (χ1) is 8.92. The SMILES string of the molecule is CCOC(C(Cc1ccc(CC)s1)NN)C(C)(C)C. The normalized spacial score (nSPS) is 15.5. The predicted octanol–water partition coefficient (Wildman–Crippen LogP) is 3.14. The summed E-state index contributed by atoms with van der Waals surface area (Å²) in [6.07, 6.45) is 2.12. The lowest BCUT2D eigenvalue weighted by atomic mass is 9.83. The zero-order valence-electron chi connectivity index (χ0n) is 12.8. The molecule has 0 spiro atoms. The molecule has 0 aliphatic rings. The summed E-state index contributed by atoms with van der Waals surface area (Å²) in [5.41, 5.74) is 3.02. The first-order valence-electron chi connectivity index (χ1n) is 7.07. The van der Waals surface area contributed by atoms with Crippen LogP contribution in [0.2, 0.25) is 0 Å². The van der Waals surface area contributed by atoms with E-state index in [1.165, 1.54) is 9.75 Å². The van der Waals surface area contributed by atoms with Gasteiger partial charge in [0.25, 0.3) is 0 Å². The van der Waals surface area contributed by atoms with Crippen molar-refractivity contribution in [2.45, 2.75) is 59.6 Å². The molecule has 0 saturated heterocycles. The molecule has 1 aromatic rings. The molecule has 2 unspecified atom stereocenters. The number of ether oxygens (including phenoxy) is 1. The van der Waals surface area contributed by atoms with Crippen molar-refractivity contribution in [1.82, 2.24) is 5.43 Å². The van der Waals surface area contributed by atoms with Crippen molar-refractivity contribution in [2.24, 2.45) is 11.3 Å². The molecule has 1 aromatic heterocycles. The van der Waals surface area contributed by atoms with Crippen LogP contribution in [0.4, 0.5) is 0 Å². The van der Waals surface area contributed by atoms with Gasteiger partial charge in [0, 0.05) is 22.8 Å². The predicted molar refractivity (Wildman–Crippen MR) is 83.4 cm³/mol. The molecular weight excluding hydrogens is 256 g/mol. The second-order valence-electron chi connectivity index (χ2n) is 5.94. The summed E-state index contributed by atoms with van der Waals surface area (Å²) in [6.45, 7) is 11.5. The number of hydrogen-bond acceptors (Lipinski definition) is 4. The van der Waals surface area contributed by atoms with Crippen LogP contribution < -0.4 is 11.3 Å². The Kier molecular flexibility index (Phi) is 6.47. The zero-order chi connectivity index (χ0) is 14.5. The molecule has 0 saturated carbocycles. The Bertz CT molecular complexity index is 370. The Labute approximate surface area is 121 Å². The fourth-order valence-corrected chi connectivity index (χ4v) is 3.36. The van der Waals surface area contributed by atoms with Crippen molar-refractivity contribution in [3.63, 3.8) is 0 Å². The summed E-state index contributed by atoms with van der Waals surface area (Å²) < 4.78 is 5.93. The standard InChI is InChI=1S/C15H28N2OS/c1-6-11-8-9-12(19-11)10-13(17-16)14(18-7-2)15(3,4)5/h8-9,13-14,17H,6-7,10,16H2,1-5H3. The highest BCUT2D eigenvalue weighted by molar-refractivity contribution is 7.11. The first kappa shape index (κ1) is 16.6. The van der Waals surface area contributed by atoms with Crippen LogP contribution in [0.1, 0.15) is 44.4 Å². The minimum Gasteiger partial charge on any atom is -0.376 e. The van der Waals surface area contributed by atoms with Gasteiger partial charge in [-0.05, 0) is 30.9 Å². The third-order valence-electron chi connectivity index (χ3n) is 3.27. The van der Waals surface area contributed by atoms with Crippen LogP contribution in [0.3, 0.4) is 0 Å². The molecule has 3 N–H and O–H groups in total. The van der Waals surface area contributed by atoms with E-state index in [0.29, 0.717) is 6.61 Å². The fourth-order valence-electron chi connectivity index (χ4n) is 2.34. The summed E-state index contributed by atoms with van der Waals surface area (Å²) in [5, 5.41) is 0. The van der Waals surface area contributed by atoms with E-state index in [2.05, 4.69) is 45.3 Å². The minimum atomic E-state index is 0.0674. The van der Waals surface area contributed by atoms with E-state index in [9.17, 15) is 0 Å². The summed E-state index contributed by atoms with van der Waals surface area (Å²) in [7, 11) is 0. The Hall–Kier alpha value is -0.420. The zero-order valence-corrected chi connectivity index (χ0v) is 13.6. The van der Waals surface area contributed by atoms with E-state index in [1.807, 2.05) is 18.3 Å². The molecule has 4 heteroatoms. The third kappa shape index (κ3) is 4.88. The van der Waals surface area contributed by atoms with Gasteiger partial charge in [-0.2, -0.15) is 0 Å². The van der Waals surface area contributed by atoms with E-state index in [-0.39, 0.29) is 17.6 Å². The van der Waals surface area contributed by atoms with E-state index in [0.717, 1.165) is 12.8 Å². The van der Waals surface area contributed by atoms with Gasteiger partial charge in [-0.15, -0.1) is 11.3 Å².